The molecule has 2 saturated heterocycles. The molecule has 8 nitrogen and oxygen atoms in total. The van der Waals surface area contributed by atoms with Crippen LogP contribution in [0.25, 0.3) is 16.6 Å². The number of aromatic nitrogens is 3. The highest BCUT2D eigenvalue weighted by atomic mass is 19.1. The molecule has 2 aliphatic rings. The Labute approximate surface area is 200 Å². The largest absolute Gasteiger partial charge is 0.361 e. The van der Waals surface area contributed by atoms with Crippen molar-refractivity contribution in [3.8, 4) is 5.69 Å². The van der Waals surface area contributed by atoms with E-state index in [9.17, 15) is 14.0 Å². The van der Waals surface area contributed by atoms with E-state index in [4.69, 9.17) is 4.52 Å². The topological polar surface area (TPSA) is 84.5 Å². The third-order valence-corrected chi connectivity index (χ3v) is 7.27. The van der Waals surface area contributed by atoms with E-state index in [1.807, 2.05) is 25.1 Å². The van der Waals surface area contributed by atoms with Gasteiger partial charge in [0.05, 0.1) is 35.4 Å². The number of anilines is 1. The van der Waals surface area contributed by atoms with Crippen molar-refractivity contribution in [1.82, 2.24) is 19.8 Å². The van der Waals surface area contributed by atoms with Gasteiger partial charge in [0.15, 0.2) is 0 Å². The van der Waals surface area contributed by atoms with Crippen LogP contribution in [0.4, 0.5) is 10.1 Å². The number of amides is 2. The van der Waals surface area contributed by atoms with Gasteiger partial charge >= 0.3 is 0 Å². The van der Waals surface area contributed by atoms with E-state index in [-0.39, 0.29) is 35.9 Å². The van der Waals surface area contributed by atoms with Crippen LogP contribution in [0.5, 0.6) is 0 Å². The van der Waals surface area contributed by atoms with Crippen LogP contribution in [0.2, 0.25) is 0 Å². The number of aryl methyl sites for hydroxylation is 2. The summed E-state index contributed by atoms with van der Waals surface area (Å²) in [6.45, 7) is 5.11. The standard InChI is InChI=1S/C26H24FN5O3/c1-15-18(16(2)35-29-15)10-25(33)30-12-17-13-31(26(34)20(17)14-30)22-8-5-9-23-19(22)11-28-32(23)24-7-4-3-6-21(24)27/h3-9,11,17,20H,10,12-14H2,1-2H3/t17-,20-/m1/s1. The molecule has 2 aromatic carbocycles. The summed E-state index contributed by atoms with van der Waals surface area (Å²) in [6, 6.07) is 12.1. The second-order valence-corrected chi connectivity index (χ2v) is 9.31. The van der Waals surface area contributed by atoms with Gasteiger partial charge in [-0.3, -0.25) is 9.59 Å². The van der Waals surface area contributed by atoms with Crippen LogP contribution in [-0.4, -0.2) is 51.3 Å². The molecule has 0 N–H and O–H groups in total. The van der Waals surface area contributed by atoms with Gasteiger partial charge < -0.3 is 14.3 Å². The maximum Gasteiger partial charge on any atom is 0.232 e. The first-order valence-electron chi connectivity index (χ1n) is 11.6. The number of carbonyl (C=O) groups is 2. The summed E-state index contributed by atoms with van der Waals surface area (Å²) in [5, 5.41) is 9.13. The Hall–Kier alpha value is -4.01. The second kappa shape index (κ2) is 8.04. The van der Waals surface area contributed by atoms with Gasteiger partial charge in [-0.15, -0.1) is 0 Å². The van der Waals surface area contributed by atoms with Gasteiger partial charge in [0.2, 0.25) is 11.8 Å². The van der Waals surface area contributed by atoms with Crippen molar-refractivity contribution in [2.24, 2.45) is 11.8 Å². The number of fused-ring (bicyclic) bond motifs is 2. The van der Waals surface area contributed by atoms with Gasteiger partial charge in [-0.25, -0.2) is 9.07 Å². The zero-order valence-corrected chi connectivity index (χ0v) is 19.4. The Morgan fingerprint density at radius 3 is 2.63 bits per heavy atom. The minimum atomic E-state index is -0.365. The fourth-order valence-electron chi connectivity index (χ4n) is 5.39. The lowest BCUT2D eigenvalue weighted by Gasteiger charge is -2.22. The van der Waals surface area contributed by atoms with Crippen LogP contribution >= 0.6 is 0 Å². The van der Waals surface area contributed by atoms with Crippen molar-refractivity contribution < 1.29 is 18.5 Å². The van der Waals surface area contributed by atoms with Gasteiger partial charge in [-0.1, -0.05) is 23.4 Å². The minimum Gasteiger partial charge on any atom is -0.361 e. The normalized spacial score (nSPS) is 19.7. The number of rotatable bonds is 4. The summed E-state index contributed by atoms with van der Waals surface area (Å²) in [4.78, 5) is 29.9. The van der Waals surface area contributed by atoms with Crippen LogP contribution in [-0.2, 0) is 16.0 Å². The summed E-state index contributed by atoms with van der Waals surface area (Å²) in [6.07, 6.45) is 1.91. The predicted octanol–water partition coefficient (Wildman–Crippen LogP) is 3.43. The number of benzene rings is 2. The molecule has 4 heterocycles. The number of hydrogen-bond donors (Lipinski definition) is 0. The summed E-state index contributed by atoms with van der Waals surface area (Å²) in [7, 11) is 0. The highest BCUT2D eigenvalue weighted by Gasteiger charge is 2.48. The summed E-state index contributed by atoms with van der Waals surface area (Å²) < 4.78 is 21.1. The lowest BCUT2D eigenvalue weighted by molar-refractivity contribution is -0.130. The molecule has 0 saturated carbocycles. The molecular weight excluding hydrogens is 449 g/mol. The van der Waals surface area contributed by atoms with Gasteiger partial charge in [0, 0.05) is 36.5 Å². The van der Waals surface area contributed by atoms with Crippen molar-refractivity contribution in [2.45, 2.75) is 20.3 Å². The maximum atomic E-state index is 14.4. The first-order valence-corrected chi connectivity index (χ1v) is 11.6. The Morgan fingerprint density at radius 1 is 1.09 bits per heavy atom. The second-order valence-electron chi connectivity index (χ2n) is 9.31. The number of carbonyl (C=O) groups excluding carboxylic acids is 2. The Bertz CT molecular complexity index is 1460. The number of hydrogen-bond acceptors (Lipinski definition) is 5. The van der Waals surface area contributed by atoms with Crippen LogP contribution in [0, 0.1) is 31.5 Å². The lowest BCUT2D eigenvalue weighted by Crippen LogP contribution is -2.36. The van der Waals surface area contributed by atoms with E-state index < -0.39 is 0 Å². The smallest absolute Gasteiger partial charge is 0.232 e. The first-order chi connectivity index (χ1) is 16.9. The van der Waals surface area contributed by atoms with Gasteiger partial charge in [-0.2, -0.15) is 5.10 Å². The molecule has 2 fully saturated rings. The highest BCUT2D eigenvalue weighted by molar-refractivity contribution is 6.05. The van der Waals surface area contributed by atoms with Crippen LogP contribution in [0.1, 0.15) is 17.0 Å². The monoisotopic (exact) mass is 473 g/mol. The van der Waals surface area contributed by atoms with Crippen molar-refractivity contribution >= 4 is 28.4 Å². The van der Waals surface area contributed by atoms with Gasteiger partial charge in [0.1, 0.15) is 17.3 Å². The summed E-state index contributed by atoms with van der Waals surface area (Å²) in [5.41, 5.74) is 3.39. The fraction of sp³-hybridized carbons (Fsp3) is 0.308. The quantitative estimate of drug-likeness (QED) is 0.453. The van der Waals surface area contributed by atoms with E-state index in [1.54, 1.807) is 45.8 Å². The minimum absolute atomic E-state index is 0.00813. The fourth-order valence-corrected chi connectivity index (χ4v) is 5.39. The number of halogens is 1. The van der Waals surface area contributed by atoms with Gasteiger partial charge in [-0.05, 0) is 38.1 Å². The van der Waals surface area contributed by atoms with Crippen molar-refractivity contribution in [3.63, 3.8) is 0 Å². The zero-order valence-electron chi connectivity index (χ0n) is 19.4. The first kappa shape index (κ1) is 21.5. The third kappa shape index (κ3) is 3.41. The average Bonchev–Trinajstić information content (AvgIpc) is 3.61. The maximum absolute atomic E-state index is 14.4. The third-order valence-electron chi connectivity index (χ3n) is 7.27. The van der Waals surface area contributed by atoms with E-state index in [2.05, 4.69) is 10.3 Å². The molecule has 178 valence electrons. The Balaban J connectivity index is 1.23. The molecule has 0 spiro atoms. The highest BCUT2D eigenvalue weighted by Crippen LogP contribution is 2.38. The van der Waals surface area contributed by atoms with E-state index >= 15 is 0 Å². The summed E-state index contributed by atoms with van der Waals surface area (Å²) >= 11 is 0. The molecule has 4 aromatic rings. The molecule has 2 aliphatic heterocycles. The van der Waals surface area contributed by atoms with E-state index in [0.29, 0.717) is 31.1 Å². The number of nitrogens with zero attached hydrogens (tertiary/aromatic N) is 5. The lowest BCUT2D eigenvalue weighted by atomic mass is 10.0. The SMILES string of the molecule is Cc1noc(C)c1CC(=O)N1C[C@@H]2CN(c3cccc4c3cnn4-c3ccccc3F)C(=O)[C@@H]2C1. The molecule has 2 atom stereocenters. The predicted molar refractivity (Wildman–Crippen MR) is 127 cm³/mol. The van der Waals surface area contributed by atoms with Gasteiger partial charge in [0.25, 0.3) is 0 Å². The molecule has 0 radical (unpaired) electrons. The molecule has 6 rings (SSSR count). The van der Waals surface area contributed by atoms with Crippen LogP contribution in [0.15, 0.2) is 53.2 Å². The molecular formula is C26H24FN5O3. The van der Waals surface area contributed by atoms with Crippen LogP contribution in [0.3, 0.4) is 0 Å². The zero-order chi connectivity index (χ0) is 24.3. The van der Waals surface area contributed by atoms with E-state index in [0.717, 1.165) is 27.8 Å². The molecule has 2 aromatic heterocycles. The van der Waals surface area contributed by atoms with Crippen molar-refractivity contribution in [1.29, 1.82) is 0 Å². The van der Waals surface area contributed by atoms with E-state index in [1.165, 1.54) is 6.07 Å². The average molecular weight is 474 g/mol. The molecule has 9 heteroatoms. The molecule has 0 unspecified atom stereocenters. The molecule has 2 amide bonds. The number of likely N-dealkylation sites (tertiary alicyclic amines) is 1. The summed E-state index contributed by atoms with van der Waals surface area (Å²) in [5.74, 6) is 0.112. The Kier molecular flexibility index (Phi) is 4.94. The van der Waals surface area contributed by atoms with Crippen molar-refractivity contribution in [2.75, 3.05) is 24.5 Å². The number of para-hydroxylation sites is 1. The van der Waals surface area contributed by atoms with Crippen molar-refractivity contribution in [3.05, 3.63) is 71.5 Å². The molecule has 35 heavy (non-hydrogen) atoms. The Morgan fingerprint density at radius 2 is 1.89 bits per heavy atom. The molecule has 0 bridgehead atoms. The molecule has 0 aliphatic carbocycles. The van der Waals surface area contributed by atoms with Crippen LogP contribution < -0.4 is 4.90 Å².